The minimum Gasteiger partial charge on any atom is -0.495 e. The van der Waals surface area contributed by atoms with Gasteiger partial charge in [-0.25, -0.2) is 8.42 Å². The van der Waals surface area contributed by atoms with E-state index in [2.05, 4.69) is 5.32 Å². The summed E-state index contributed by atoms with van der Waals surface area (Å²) in [7, 11) is -0.912. The van der Waals surface area contributed by atoms with Crippen molar-refractivity contribution in [1.82, 2.24) is 0 Å². The van der Waals surface area contributed by atoms with E-state index in [4.69, 9.17) is 9.47 Å². The molecule has 0 saturated carbocycles. The van der Waals surface area contributed by atoms with Gasteiger partial charge in [-0.15, -0.1) is 11.3 Å². The molecule has 1 aromatic heterocycles. The number of ether oxygens (including phenoxy) is 2. The number of benzene rings is 3. The van der Waals surface area contributed by atoms with E-state index in [0.29, 0.717) is 22.9 Å². The van der Waals surface area contributed by atoms with Crippen molar-refractivity contribution in [1.29, 1.82) is 0 Å². The first-order chi connectivity index (χ1) is 16.7. The summed E-state index contributed by atoms with van der Waals surface area (Å²) >= 11 is 1.34. The van der Waals surface area contributed by atoms with Crippen molar-refractivity contribution in [3.05, 3.63) is 77.2 Å². The van der Waals surface area contributed by atoms with Gasteiger partial charge in [0.2, 0.25) is 0 Å². The summed E-state index contributed by atoms with van der Waals surface area (Å²) in [4.78, 5) is 13.4. The van der Waals surface area contributed by atoms with Gasteiger partial charge >= 0.3 is 0 Å². The standard InChI is InChI=1S/C26H26N2O5S2/c1-5-33-21-10-7-19(8-11-21)27-26(29)24-16-18-15-20(9-13-23(18)34-24)28(3)35(30,31)25-14-17(2)6-12-22(25)32-4/h6-16H,5H2,1-4H3,(H,27,29). The fourth-order valence-corrected chi connectivity index (χ4v) is 5.97. The molecule has 7 nitrogen and oxygen atoms in total. The largest absolute Gasteiger partial charge is 0.495 e. The lowest BCUT2D eigenvalue weighted by atomic mass is 10.2. The van der Waals surface area contributed by atoms with Gasteiger partial charge in [-0.2, -0.15) is 0 Å². The third-order valence-electron chi connectivity index (χ3n) is 5.47. The maximum absolute atomic E-state index is 13.4. The van der Waals surface area contributed by atoms with Crippen LogP contribution in [0.3, 0.4) is 0 Å². The number of nitrogens with zero attached hydrogens (tertiary/aromatic N) is 1. The molecule has 0 saturated heterocycles. The highest BCUT2D eigenvalue weighted by atomic mass is 32.2. The van der Waals surface area contributed by atoms with Crippen molar-refractivity contribution >= 4 is 48.7 Å². The van der Waals surface area contributed by atoms with Gasteiger partial charge in [0.15, 0.2) is 0 Å². The number of hydrogen-bond donors (Lipinski definition) is 1. The van der Waals surface area contributed by atoms with Crippen LogP contribution in [0.2, 0.25) is 0 Å². The maximum Gasteiger partial charge on any atom is 0.267 e. The smallest absolute Gasteiger partial charge is 0.267 e. The summed E-state index contributed by atoms with van der Waals surface area (Å²) in [5.74, 6) is 0.789. The lowest BCUT2D eigenvalue weighted by Crippen LogP contribution is -2.27. The monoisotopic (exact) mass is 510 g/mol. The number of fused-ring (bicyclic) bond motifs is 1. The zero-order chi connectivity index (χ0) is 25.2. The molecule has 0 fully saturated rings. The molecule has 35 heavy (non-hydrogen) atoms. The van der Waals surface area contributed by atoms with Crippen LogP contribution in [0.1, 0.15) is 22.2 Å². The Hall–Kier alpha value is -3.56. The number of nitrogens with one attached hydrogen (secondary N) is 1. The third-order valence-corrected chi connectivity index (χ3v) is 8.39. The molecular weight excluding hydrogens is 484 g/mol. The number of rotatable bonds is 8. The second-order valence-electron chi connectivity index (χ2n) is 7.87. The van der Waals surface area contributed by atoms with Crippen LogP contribution >= 0.6 is 11.3 Å². The van der Waals surface area contributed by atoms with E-state index in [1.54, 1.807) is 60.7 Å². The second-order valence-corrected chi connectivity index (χ2v) is 10.9. The van der Waals surface area contributed by atoms with E-state index in [9.17, 15) is 13.2 Å². The molecule has 1 heterocycles. The SMILES string of the molecule is CCOc1ccc(NC(=O)c2cc3cc(N(C)S(=O)(=O)c4cc(C)ccc4OC)ccc3s2)cc1. The Morgan fingerprint density at radius 3 is 2.46 bits per heavy atom. The number of hydrogen-bond acceptors (Lipinski definition) is 6. The third kappa shape index (κ3) is 5.11. The molecule has 1 N–H and O–H groups in total. The molecule has 9 heteroatoms. The molecule has 182 valence electrons. The predicted molar refractivity (Wildman–Crippen MR) is 141 cm³/mol. The van der Waals surface area contributed by atoms with Gasteiger partial charge in [0.05, 0.1) is 24.3 Å². The highest BCUT2D eigenvalue weighted by Crippen LogP contribution is 2.34. The van der Waals surface area contributed by atoms with E-state index >= 15 is 0 Å². The number of amides is 1. The molecule has 0 aliphatic carbocycles. The van der Waals surface area contributed by atoms with Crippen molar-refractivity contribution in [2.24, 2.45) is 0 Å². The Morgan fingerprint density at radius 1 is 1.03 bits per heavy atom. The van der Waals surface area contributed by atoms with Crippen LogP contribution < -0.4 is 19.1 Å². The summed E-state index contributed by atoms with van der Waals surface area (Å²) in [6.45, 7) is 4.31. The number of methoxy groups -OCH3 is 1. The molecule has 4 aromatic rings. The Morgan fingerprint density at radius 2 is 1.77 bits per heavy atom. The number of anilines is 2. The van der Waals surface area contributed by atoms with Gasteiger partial charge in [-0.05, 0) is 85.5 Å². The molecule has 3 aromatic carbocycles. The second kappa shape index (κ2) is 9.97. The van der Waals surface area contributed by atoms with Crippen molar-refractivity contribution in [2.75, 3.05) is 30.4 Å². The normalized spacial score (nSPS) is 11.3. The number of sulfonamides is 1. The van der Waals surface area contributed by atoms with Gasteiger partial charge in [0.25, 0.3) is 15.9 Å². The first kappa shape index (κ1) is 24.6. The van der Waals surface area contributed by atoms with Gasteiger partial charge in [-0.3, -0.25) is 9.10 Å². The van der Waals surface area contributed by atoms with Crippen molar-refractivity contribution in [2.45, 2.75) is 18.7 Å². The summed E-state index contributed by atoms with van der Waals surface area (Å²) in [5, 5.41) is 3.67. The molecule has 1 amide bonds. The minimum atomic E-state index is -3.86. The Kier molecular flexibility index (Phi) is 7.00. The first-order valence-electron chi connectivity index (χ1n) is 10.9. The van der Waals surface area contributed by atoms with Crippen molar-refractivity contribution < 1.29 is 22.7 Å². The van der Waals surface area contributed by atoms with Crippen LogP contribution in [0.4, 0.5) is 11.4 Å². The highest BCUT2D eigenvalue weighted by molar-refractivity contribution is 7.93. The fraction of sp³-hybridized carbons (Fsp3) is 0.192. The van der Waals surface area contributed by atoms with Crippen molar-refractivity contribution in [3.8, 4) is 11.5 Å². The number of carbonyl (C=O) groups excluding carboxylic acids is 1. The summed E-state index contributed by atoms with van der Waals surface area (Å²) in [6.07, 6.45) is 0. The minimum absolute atomic E-state index is 0.100. The molecule has 0 bridgehead atoms. The average Bonchev–Trinajstić information content (AvgIpc) is 3.28. The Bertz CT molecular complexity index is 1480. The van der Waals surface area contributed by atoms with Gasteiger partial charge in [-0.1, -0.05) is 6.07 Å². The van der Waals surface area contributed by atoms with E-state index in [-0.39, 0.29) is 16.6 Å². The maximum atomic E-state index is 13.4. The van der Waals surface area contributed by atoms with Crippen LogP contribution in [0.15, 0.2) is 71.6 Å². The Balaban J connectivity index is 1.59. The number of carbonyl (C=O) groups is 1. The van der Waals surface area contributed by atoms with Crippen LogP contribution in [0.25, 0.3) is 10.1 Å². The van der Waals surface area contributed by atoms with Gasteiger partial charge in [0, 0.05) is 17.4 Å². The molecule has 0 atom stereocenters. The molecule has 0 spiro atoms. The lowest BCUT2D eigenvalue weighted by Gasteiger charge is -2.21. The molecule has 0 radical (unpaired) electrons. The zero-order valence-electron chi connectivity index (χ0n) is 19.9. The number of aryl methyl sites for hydroxylation is 1. The van der Waals surface area contributed by atoms with E-state index < -0.39 is 10.0 Å². The molecule has 0 unspecified atom stereocenters. The van der Waals surface area contributed by atoms with Gasteiger partial charge < -0.3 is 14.8 Å². The van der Waals surface area contributed by atoms with Gasteiger partial charge in [0.1, 0.15) is 16.4 Å². The lowest BCUT2D eigenvalue weighted by molar-refractivity contribution is 0.103. The van der Waals surface area contributed by atoms with E-state index in [1.165, 1.54) is 29.8 Å². The van der Waals surface area contributed by atoms with Crippen LogP contribution in [0.5, 0.6) is 11.5 Å². The quantitative estimate of drug-likeness (QED) is 0.329. The first-order valence-corrected chi connectivity index (χ1v) is 13.2. The molecule has 0 aliphatic rings. The predicted octanol–water partition coefficient (Wildman–Crippen LogP) is 5.69. The van der Waals surface area contributed by atoms with Crippen LogP contribution in [-0.2, 0) is 10.0 Å². The number of thiophene rings is 1. The highest BCUT2D eigenvalue weighted by Gasteiger charge is 2.26. The summed E-state index contributed by atoms with van der Waals surface area (Å²) in [5.41, 5.74) is 1.96. The fourth-order valence-electron chi connectivity index (χ4n) is 3.60. The zero-order valence-corrected chi connectivity index (χ0v) is 21.5. The van der Waals surface area contributed by atoms with Crippen molar-refractivity contribution in [3.63, 3.8) is 0 Å². The average molecular weight is 511 g/mol. The summed E-state index contributed by atoms with van der Waals surface area (Å²) < 4.78 is 39.5. The van der Waals surface area contributed by atoms with Crippen LogP contribution in [-0.4, -0.2) is 35.1 Å². The summed E-state index contributed by atoms with van der Waals surface area (Å²) in [6, 6.07) is 19.3. The van der Waals surface area contributed by atoms with Crippen LogP contribution in [0, 0.1) is 6.92 Å². The molecular formula is C26H26N2O5S2. The topological polar surface area (TPSA) is 84.9 Å². The molecule has 4 rings (SSSR count). The molecule has 0 aliphatic heterocycles. The van der Waals surface area contributed by atoms with E-state index in [0.717, 1.165) is 21.4 Å². The Labute approximate surface area is 209 Å². The van der Waals surface area contributed by atoms with E-state index in [1.807, 2.05) is 19.9 Å².